The van der Waals surface area contributed by atoms with Crippen molar-refractivity contribution in [1.82, 2.24) is 9.38 Å². The maximum atomic E-state index is 13.8. The molecule has 4 rings (SSSR count). The Morgan fingerprint density at radius 3 is 2.42 bits per heavy atom. The molecule has 128 valence electrons. The number of aryl methyl sites for hydroxylation is 1. The van der Waals surface area contributed by atoms with Crippen molar-refractivity contribution in [3.8, 4) is 11.3 Å². The van der Waals surface area contributed by atoms with Crippen molar-refractivity contribution < 1.29 is 8.78 Å². The monoisotopic (exact) mass is 348 g/mol. The predicted octanol–water partition coefficient (Wildman–Crippen LogP) is 6.00. The lowest BCUT2D eigenvalue weighted by Crippen LogP contribution is -1.85. The Kier molecular flexibility index (Phi) is 4.01. The molecule has 0 saturated carbocycles. The van der Waals surface area contributed by atoms with Crippen LogP contribution in [0.3, 0.4) is 0 Å². The van der Waals surface area contributed by atoms with Crippen LogP contribution in [0.15, 0.2) is 77.1 Å². The first-order chi connectivity index (χ1) is 12.6. The molecule has 2 aromatic heterocycles. The maximum absolute atomic E-state index is 13.8. The van der Waals surface area contributed by atoms with E-state index in [4.69, 9.17) is 0 Å². The molecule has 0 radical (unpaired) electrons. The highest BCUT2D eigenvalue weighted by Gasteiger charge is 2.14. The van der Waals surface area contributed by atoms with Crippen LogP contribution >= 0.6 is 0 Å². The summed E-state index contributed by atoms with van der Waals surface area (Å²) in [5, 5.41) is 8.30. The molecule has 0 fully saturated rings. The second-order valence-corrected chi connectivity index (χ2v) is 5.88. The first-order valence-electron chi connectivity index (χ1n) is 8.03. The maximum Gasteiger partial charge on any atom is 0.187 e. The lowest BCUT2D eigenvalue weighted by molar-refractivity contribution is 0.627. The van der Waals surface area contributed by atoms with Gasteiger partial charge in [-0.15, -0.1) is 10.2 Å². The Labute approximate surface area is 148 Å². The summed E-state index contributed by atoms with van der Waals surface area (Å²) in [7, 11) is 0. The Balaban J connectivity index is 1.90. The number of azo groups is 1. The van der Waals surface area contributed by atoms with Gasteiger partial charge >= 0.3 is 0 Å². The number of benzene rings is 2. The molecule has 0 amide bonds. The number of imidazole rings is 1. The van der Waals surface area contributed by atoms with E-state index >= 15 is 0 Å². The van der Waals surface area contributed by atoms with Crippen molar-refractivity contribution in [2.24, 2.45) is 10.2 Å². The molecule has 0 aliphatic heterocycles. The summed E-state index contributed by atoms with van der Waals surface area (Å²) in [5.41, 5.74) is 3.09. The van der Waals surface area contributed by atoms with Gasteiger partial charge in [0.1, 0.15) is 22.8 Å². The van der Waals surface area contributed by atoms with Crippen molar-refractivity contribution >= 4 is 17.2 Å². The fourth-order valence-electron chi connectivity index (χ4n) is 2.67. The summed E-state index contributed by atoms with van der Waals surface area (Å²) in [4.78, 5) is 4.58. The molecular weight excluding hydrogens is 334 g/mol. The van der Waals surface area contributed by atoms with Crippen LogP contribution in [0.2, 0.25) is 0 Å². The van der Waals surface area contributed by atoms with Gasteiger partial charge < -0.3 is 0 Å². The van der Waals surface area contributed by atoms with Crippen molar-refractivity contribution in [2.45, 2.75) is 6.92 Å². The lowest BCUT2D eigenvalue weighted by Gasteiger charge is -2.01. The van der Waals surface area contributed by atoms with Gasteiger partial charge in [-0.25, -0.2) is 13.8 Å². The molecule has 4 nitrogen and oxygen atoms in total. The van der Waals surface area contributed by atoms with E-state index in [1.807, 2.05) is 25.3 Å². The molecule has 26 heavy (non-hydrogen) atoms. The second kappa shape index (κ2) is 6.48. The number of hydrogen-bond donors (Lipinski definition) is 0. The topological polar surface area (TPSA) is 42.0 Å². The first-order valence-corrected chi connectivity index (χ1v) is 8.03. The Morgan fingerprint density at radius 1 is 0.885 bits per heavy atom. The van der Waals surface area contributed by atoms with E-state index in [1.165, 1.54) is 18.2 Å². The molecule has 2 heterocycles. The van der Waals surface area contributed by atoms with Crippen LogP contribution in [0.1, 0.15) is 5.56 Å². The average Bonchev–Trinajstić information content (AvgIpc) is 2.99. The van der Waals surface area contributed by atoms with Crippen LogP contribution in [0.5, 0.6) is 0 Å². The van der Waals surface area contributed by atoms with E-state index in [2.05, 4.69) is 15.2 Å². The van der Waals surface area contributed by atoms with Gasteiger partial charge in [0.2, 0.25) is 0 Å². The van der Waals surface area contributed by atoms with Crippen molar-refractivity contribution in [3.05, 3.63) is 84.1 Å². The minimum atomic E-state index is -0.454. The van der Waals surface area contributed by atoms with E-state index in [0.29, 0.717) is 22.7 Å². The number of hydrogen-bond acceptors (Lipinski definition) is 3. The SMILES string of the molecule is Cc1ccc2nc(-c3ccc(F)cc3)c(N=Nc3ccccc3F)n2c1. The Bertz CT molecular complexity index is 1110. The molecule has 0 atom stereocenters. The minimum absolute atomic E-state index is 0.139. The highest BCUT2D eigenvalue weighted by atomic mass is 19.1. The summed E-state index contributed by atoms with van der Waals surface area (Å²) in [5.74, 6) is -0.328. The zero-order chi connectivity index (χ0) is 18.1. The molecule has 2 aromatic carbocycles. The molecule has 6 heteroatoms. The van der Waals surface area contributed by atoms with Crippen LogP contribution < -0.4 is 0 Å². The standard InChI is InChI=1S/C20H14F2N4/c1-13-6-11-18-23-19(14-7-9-15(21)10-8-14)20(26(18)12-13)25-24-17-5-3-2-4-16(17)22/h2-12H,1H3. The van der Waals surface area contributed by atoms with Crippen LogP contribution in [0, 0.1) is 18.6 Å². The largest absolute Gasteiger partial charge is 0.282 e. The van der Waals surface area contributed by atoms with Gasteiger partial charge in [0.15, 0.2) is 11.6 Å². The highest BCUT2D eigenvalue weighted by molar-refractivity contribution is 5.74. The van der Waals surface area contributed by atoms with E-state index in [0.717, 1.165) is 5.56 Å². The van der Waals surface area contributed by atoms with Gasteiger partial charge in [-0.2, -0.15) is 0 Å². The Morgan fingerprint density at radius 2 is 1.65 bits per heavy atom. The minimum Gasteiger partial charge on any atom is -0.282 e. The molecule has 4 aromatic rings. The van der Waals surface area contributed by atoms with E-state index < -0.39 is 5.82 Å². The Hall–Kier alpha value is -3.41. The van der Waals surface area contributed by atoms with E-state index in [1.54, 1.807) is 34.7 Å². The van der Waals surface area contributed by atoms with Gasteiger partial charge in [0.05, 0.1) is 0 Å². The summed E-state index contributed by atoms with van der Waals surface area (Å²) >= 11 is 0. The first kappa shape index (κ1) is 16.1. The zero-order valence-electron chi connectivity index (χ0n) is 13.9. The number of rotatable bonds is 3. The molecule has 0 N–H and O–H groups in total. The van der Waals surface area contributed by atoms with Gasteiger partial charge in [-0.3, -0.25) is 4.40 Å². The molecule has 0 saturated heterocycles. The quantitative estimate of drug-likeness (QED) is 0.418. The van der Waals surface area contributed by atoms with E-state index in [9.17, 15) is 8.78 Å². The molecular formula is C20H14F2N4. The summed E-state index contributed by atoms with van der Waals surface area (Å²) in [6.45, 7) is 1.95. The van der Waals surface area contributed by atoms with Crippen molar-refractivity contribution in [2.75, 3.05) is 0 Å². The third-order valence-corrected chi connectivity index (χ3v) is 3.96. The second-order valence-electron chi connectivity index (χ2n) is 5.88. The molecule has 0 bridgehead atoms. The smallest absolute Gasteiger partial charge is 0.187 e. The van der Waals surface area contributed by atoms with Crippen LogP contribution in [-0.4, -0.2) is 9.38 Å². The number of fused-ring (bicyclic) bond motifs is 1. The zero-order valence-corrected chi connectivity index (χ0v) is 13.9. The van der Waals surface area contributed by atoms with Crippen LogP contribution in [-0.2, 0) is 0 Å². The highest BCUT2D eigenvalue weighted by Crippen LogP contribution is 2.33. The molecule has 0 aliphatic carbocycles. The van der Waals surface area contributed by atoms with Gasteiger partial charge in [0, 0.05) is 11.8 Å². The molecule has 0 unspecified atom stereocenters. The van der Waals surface area contributed by atoms with Crippen molar-refractivity contribution in [3.63, 3.8) is 0 Å². The number of aromatic nitrogens is 2. The lowest BCUT2D eigenvalue weighted by atomic mass is 10.1. The number of pyridine rings is 1. The molecule has 0 spiro atoms. The predicted molar refractivity (Wildman–Crippen MR) is 95.9 cm³/mol. The van der Waals surface area contributed by atoms with E-state index in [-0.39, 0.29) is 11.5 Å². The van der Waals surface area contributed by atoms with Crippen molar-refractivity contribution in [1.29, 1.82) is 0 Å². The fourth-order valence-corrected chi connectivity index (χ4v) is 2.67. The summed E-state index contributed by atoms with van der Waals surface area (Å²) < 4.78 is 28.9. The third kappa shape index (κ3) is 2.97. The summed E-state index contributed by atoms with van der Waals surface area (Å²) in [6.07, 6.45) is 1.88. The summed E-state index contributed by atoms with van der Waals surface area (Å²) in [6, 6.07) is 16.0. The van der Waals surface area contributed by atoms with Gasteiger partial charge in [0.25, 0.3) is 0 Å². The van der Waals surface area contributed by atoms with Gasteiger partial charge in [-0.05, 0) is 55.0 Å². The molecule has 0 aliphatic rings. The number of nitrogens with zero attached hydrogens (tertiary/aromatic N) is 4. The average molecular weight is 348 g/mol. The fraction of sp³-hybridized carbons (Fsp3) is 0.0500. The normalized spacial score (nSPS) is 11.5. The number of halogens is 2. The van der Waals surface area contributed by atoms with Crippen LogP contribution in [0.25, 0.3) is 16.9 Å². The van der Waals surface area contributed by atoms with Crippen LogP contribution in [0.4, 0.5) is 20.3 Å². The van der Waals surface area contributed by atoms with Gasteiger partial charge in [-0.1, -0.05) is 18.2 Å². The third-order valence-electron chi connectivity index (χ3n) is 3.96.